The van der Waals surface area contributed by atoms with Crippen molar-refractivity contribution < 1.29 is 27.5 Å². The predicted octanol–water partition coefficient (Wildman–Crippen LogP) is 3.40. The molecule has 0 saturated heterocycles. The van der Waals surface area contributed by atoms with Crippen molar-refractivity contribution in [3.05, 3.63) is 60.2 Å². The number of methoxy groups -OCH3 is 1. The summed E-state index contributed by atoms with van der Waals surface area (Å²) in [6, 6.07) is 14.6. The smallest absolute Gasteiger partial charge is 0.331 e. The first-order chi connectivity index (χ1) is 16.7. The second-order valence-electron chi connectivity index (χ2n) is 8.15. The summed E-state index contributed by atoms with van der Waals surface area (Å²) in [7, 11) is -2.27. The molecule has 0 aliphatic heterocycles. The van der Waals surface area contributed by atoms with Crippen LogP contribution in [0.15, 0.2) is 59.5 Å². The van der Waals surface area contributed by atoms with E-state index in [2.05, 4.69) is 16.1 Å². The van der Waals surface area contributed by atoms with Crippen molar-refractivity contribution >= 4 is 33.7 Å². The Balaban J connectivity index is 1.51. The Kier molecular flexibility index (Phi) is 8.49. The highest BCUT2D eigenvalue weighted by molar-refractivity contribution is 7.92. The van der Waals surface area contributed by atoms with Crippen molar-refractivity contribution in [1.82, 2.24) is 5.32 Å². The van der Waals surface area contributed by atoms with Gasteiger partial charge in [0, 0.05) is 11.8 Å². The first kappa shape index (κ1) is 25.8. The largest absolute Gasteiger partial charge is 0.497 e. The van der Waals surface area contributed by atoms with Crippen molar-refractivity contribution in [3.8, 4) is 11.8 Å². The number of hydrogen-bond acceptors (Lipinski definition) is 7. The van der Waals surface area contributed by atoms with E-state index < -0.39 is 34.0 Å². The van der Waals surface area contributed by atoms with E-state index in [0.717, 1.165) is 25.3 Å². The molecule has 1 aliphatic carbocycles. The van der Waals surface area contributed by atoms with Crippen LogP contribution in [0.2, 0.25) is 0 Å². The van der Waals surface area contributed by atoms with Crippen molar-refractivity contribution in [2.45, 2.75) is 42.5 Å². The molecule has 1 saturated carbocycles. The highest BCUT2D eigenvalue weighted by atomic mass is 32.2. The molecule has 10 heteroatoms. The van der Waals surface area contributed by atoms with Crippen LogP contribution >= 0.6 is 0 Å². The molecule has 0 heterocycles. The molecule has 184 valence electrons. The fourth-order valence-corrected chi connectivity index (χ4v) is 4.76. The number of esters is 1. The number of sulfonamides is 1. The zero-order valence-electron chi connectivity index (χ0n) is 19.3. The zero-order valence-corrected chi connectivity index (χ0v) is 20.1. The van der Waals surface area contributed by atoms with Crippen LogP contribution in [0, 0.1) is 11.3 Å². The topological polar surface area (TPSA) is 135 Å². The van der Waals surface area contributed by atoms with Gasteiger partial charge in [0.05, 0.1) is 18.1 Å². The fourth-order valence-electron chi connectivity index (χ4n) is 3.70. The maximum Gasteiger partial charge on any atom is 0.331 e. The molecule has 3 rings (SSSR count). The minimum absolute atomic E-state index is 0.0545. The summed E-state index contributed by atoms with van der Waals surface area (Å²) in [6.07, 6.45) is 6.54. The van der Waals surface area contributed by atoms with E-state index in [0.29, 0.717) is 29.8 Å². The molecule has 0 unspecified atom stereocenters. The van der Waals surface area contributed by atoms with Crippen molar-refractivity contribution in [2.24, 2.45) is 0 Å². The van der Waals surface area contributed by atoms with Crippen LogP contribution in [0.25, 0.3) is 6.08 Å². The highest BCUT2D eigenvalue weighted by Crippen LogP contribution is 2.27. The molecule has 1 fully saturated rings. The van der Waals surface area contributed by atoms with Gasteiger partial charge < -0.3 is 14.8 Å². The Labute approximate surface area is 204 Å². The Morgan fingerprint density at radius 2 is 1.71 bits per heavy atom. The second kappa shape index (κ2) is 11.5. The Hall–Kier alpha value is -3.84. The third kappa shape index (κ3) is 7.32. The molecule has 0 aromatic heterocycles. The van der Waals surface area contributed by atoms with Crippen LogP contribution in [0.1, 0.15) is 37.7 Å². The van der Waals surface area contributed by atoms with Gasteiger partial charge in [0.25, 0.3) is 15.9 Å². The van der Waals surface area contributed by atoms with E-state index in [-0.39, 0.29) is 4.90 Å². The number of nitrogens with zero attached hydrogens (tertiary/aromatic N) is 1. The summed E-state index contributed by atoms with van der Waals surface area (Å²) < 4.78 is 37.7. The first-order valence-electron chi connectivity index (χ1n) is 11.1. The maximum atomic E-state index is 12.6. The van der Waals surface area contributed by atoms with Gasteiger partial charge in [0.1, 0.15) is 11.3 Å². The molecule has 0 atom stereocenters. The molecule has 9 nitrogen and oxygen atoms in total. The molecule has 1 aliphatic rings. The molecule has 0 radical (unpaired) electrons. The minimum Gasteiger partial charge on any atom is -0.497 e. The summed E-state index contributed by atoms with van der Waals surface area (Å²) in [5.41, 5.74) is 0.0770. The first-order valence-corrected chi connectivity index (χ1v) is 12.6. The molecule has 2 aromatic rings. The Morgan fingerprint density at radius 3 is 2.31 bits per heavy atom. The van der Waals surface area contributed by atoms with Crippen LogP contribution in [0.3, 0.4) is 0 Å². The lowest BCUT2D eigenvalue weighted by Crippen LogP contribution is -2.49. The number of rotatable bonds is 9. The summed E-state index contributed by atoms with van der Waals surface area (Å²) in [4.78, 5) is 24.1. The molecule has 35 heavy (non-hydrogen) atoms. The van der Waals surface area contributed by atoms with Crippen molar-refractivity contribution in [2.75, 3.05) is 18.4 Å². The molecule has 1 amide bonds. The lowest BCUT2D eigenvalue weighted by atomic mass is 9.83. The molecule has 0 bridgehead atoms. The number of ether oxygens (including phenoxy) is 2. The maximum absolute atomic E-state index is 12.6. The molecule has 2 aromatic carbocycles. The van der Waals surface area contributed by atoms with Gasteiger partial charge in [-0.25, -0.2) is 13.2 Å². The highest BCUT2D eigenvalue weighted by Gasteiger charge is 2.33. The van der Waals surface area contributed by atoms with Gasteiger partial charge in [-0.3, -0.25) is 9.52 Å². The fraction of sp³-hybridized carbons (Fsp3) is 0.320. The van der Waals surface area contributed by atoms with E-state index in [1.807, 2.05) is 0 Å². The number of carbonyl (C=O) groups is 2. The predicted molar refractivity (Wildman–Crippen MR) is 130 cm³/mol. The monoisotopic (exact) mass is 497 g/mol. The van der Waals surface area contributed by atoms with E-state index in [4.69, 9.17) is 9.47 Å². The Bertz CT molecular complexity index is 1210. The summed E-state index contributed by atoms with van der Waals surface area (Å²) in [5.74, 6) is -0.639. The standard InChI is InChI=1S/C25H27N3O6S/c1-33-21-10-8-20(9-11-21)28-35(31,32)22-12-5-19(6-13-22)7-14-24(30)34-17-23(29)27-25(18-26)15-3-2-4-16-25/h5-14,28H,2-4,15-17H2,1H3,(H,27,29)/b14-7+. The van der Waals surface area contributed by atoms with E-state index >= 15 is 0 Å². The quantitative estimate of drug-likeness (QED) is 0.400. The summed E-state index contributed by atoms with van der Waals surface area (Å²) in [6.45, 7) is -0.485. The molecular formula is C25H27N3O6S. The van der Waals surface area contributed by atoms with Gasteiger partial charge in [0.15, 0.2) is 6.61 Å². The second-order valence-corrected chi connectivity index (χ2v) is 9.83. The van der Waals surface area contributed by atoms with Gasteiger partial charge in [0.2, 0.25) is 0 Å². The van der Waals surface area contributed by atoms with Crippen LogP contribution in [0.4, 0.5) is 5.69 Å². The summed E-state index contributed by atoms with van der Waals surface area (Å²) in [5, 5.41) is 12.1. The summed E-state index contributed by atoms with van der Waals surface area (Å²) >= 11 is 0. The number of nitrogens with one attached hydrogen (secondary N) is 2. The lowest BCUT2D eigenvalue weighted by molar-refractivity contribution is -0.144. The van der Waals surface area contributed by atoms with Gasteiger partial charge >= 0.3 is 5.97 Å². The number of anilines is 1. The van der Waals surface area contributed by atoms with Gasteiger partial charge in [-0.05, 0) is 60.9 Å². The number of amides is 1. The van der Waals surface area contributed by atoms with Crippen LogP contribution in [-0.2, 0) is 24.3 Å². The van der Waals surface area contributed by atoms with E-state index in [1.165, 1.54) is 25.3 Å². The van der Waals surface area contributed by atoms with Crippen molar-refractivity contribution in [1.29, 1.82) is 5.26 Å². The molecular weight excluding hydrogens is 470 g/mol. The average Bonchev–Trinajstić information content (AvgIpc) is 2.87. The van der Waals surface area contributed by atoms with E-state index in [1.54, 1.807) is 36.4 Å². The Morgan fingerprint density at radius 1 is 1.06 bits per heavy atom. The van der Waals surface area contributed by atoms with Gasteiger partial charge in [-0.2, -0.15) is 5.26 Å². The van der Waals surface area contributed by atoms with Crippen molar-refractivity contribution in [3.63, 3.8) is 0 Å². The molecule has 2 N–H and O–H groups in total. The minimum atomic E-state index is -3.79. The van der Waals surface area contributed by atoms with Crippen LogP contribution in [0.5, 0.6) is 5.75 Å². The zero-order chi connectivity index (χ0) is 25.3. The third-order valence-electron chi connectivity index (χ3n) is 5.59. The number of carbonyl (C=O) groups excluding carboxylic acids is 2. The number of nitriles is 1. The van der Waals surface area contributed by atoms with E-state index in [9.17, 15) is 23.3 Å². The van der Waals surface area contributed by atoms with Gasteiger partial charge in [-0.1, -0.05) is 31.4 Å². The third-order valence-corrected chi connectivity index (χ3v) is 6.99. The van der Waals surface area contributed by atoms with Gasteiger partial charge in [-0.15, -0.1) is 0 Å². The normalized spacial score (nSPS) is 15.1. The number of benzene rings is 2. The van der Waals surface area contributed by atoms with Crippen LogP contribution < -0.4 is 14.8 Å². The SMILES string of the molecule is COc1ccc(NS(=O)(=O)c2ccc(/C=C/C(=O)OCC(=O)NC3(C#N)CCCCC3)cc2)cc1. The average molecular weight is 498 g/mol. The lowest BCUT2D eigenvalue weighted by Gasteiger charge is -2.31. The molecule has 0 spiro atoms. The number of hydrogen-bond donors (Lipinski definition) is 2. The van der Waals surface area contributed by atoms with Crippen LogP contribution in [-0.4, -0.2) is 39.5 Å².